The van der Waals surface area contributed by atoms with Crippen molar-refractivity contribution in [3.05, 3.63) is 34.9 Å². The molecule has 0 aromatic heterocycles. The Hall–Kier alpha value is -0.860. The molecule has 2 aliphatic rings. The summed E-state index contributed by atoms with van der Waals surface area (Å²) in [5, 5.41) is 3.71. The lowest BCUT2D eigenvalue weighted by Crippen LogP contribution is -2.52. The van der Waals surface area contributed by atoms with Gasteiger partial charge in [-0.1, -0.05) is 52.3 Å². The monoisotopic (exact) mass is 342 g/mol. The molecule has 3 rings (SSSR count). The Labute approximate surface area is 155 Å². The first-order valence-electron chi connectivity index (χ1n) is 10.4. The first-order chi connectivity index (χ1) is 11.9. The summed E-state index contributed by atoms with van der Waals surface area (Å²) in [7, 11) is 0. The second-order valence-electron chi connectivity index (χ2n) is 9.41. The average molecular weight is 343 g/mol. The Balaban J connectivity index is 1.85. The molecule has 2 aliphatic carbocycles. The zero-order valence-corrected chi connectivity index (χ0v) is 16.8. The Morgan fingerprint density at radius 3 is 2.76 bits per heavy atom. The minimum atomic E-state index is 0.353. The molecule has 0 radical (unpaired) electrons. The molecule has 2 heteroatoms. The van der Waals surface area contributed by atoms with Crippen molar-refractivity contribution in [2.24, 2.45) is 17.1 Å². The van der Waals surface area contributed by atoms with Gasteiger partial charge in [0.05, 0.1) is 0 Å². The highest BCUT2D eigenvalue weighted by molar-refractivity contribution is 5.42. The molecule has 0 unspecified atom stereocenters. The molecular weight excluding hydrogens is 304 g/mol. The van der Waals surface area contributed by atoms with Gasteiger partial charge >= 0.3 is 0 Å². The van der Waals surface area contributed by atoms with Crippen molar-refractivity contribution in [2.45, 2.75) is 77.6 Å². The van der Waals surface area contributed by atoms with Crippen molar-refractivity contribution in [3.63, 3.8) is 0 Å². The van der Waals surface area contributed by atoms with Crippen LogP contribution in [0.3, 0.4) is 0 Å². The molecule has 0 bridgehead atoms. The molecule has 3 atom stereocenters. The molecule has 0 spiro atoms. The molecule has 0 saturated heterocycles. The minimum Gasteiger partial charge on any atom is -0.330 e. The molecule has 25 heavy (non-hydrogen) atoms. The van der Waals surface area contributed by atoms with Crippen LogP contribution < -0.4 is 11.1 Å². The van der Waals surface area contributed by atoms with Crippen molar-refractivity contribution < 1.29 is 0 Å². The first kappa shape index (κ1) is 18.9. The second-order valence-corrected chi connectivity index (χ2v) is 9.41. The van der Waals surface area contributed by atoms with Crippen LogP contribution in [0.15, 0.2) is 18.2 Å². The number of hydrogen-bond acceptors (Lipinski definition) is 2. The maximum Gasteiger partial charge on any atom is 0.000815 e. The van der Waals surface area contributed by atoms with E-state index in [1.165, 1.54) is 37.7 Å². The predicted molar refractivity (Wildman–Crippen MR) is 108 cm³/mol. The Bertz CT molecular complexity index is 594. The van der Waals surface area contributed by atoms with Crippen molar-refractivity contribution in [1.82, 2.24) is 5.32 Å². The molecule has 1 aromatic rings. The van der Waals surface area contributed by atoms with Crippen molar-refractivity contribution in [2.75, 3.05) is 19.6 Å². The van der Waals surface area contributed by atoms with Crippen LogP contribution in [0.25, 0.3) is 0 Å². The number of rotatable bonds is 6. The van der Waals surface area contributed by atoms with Crippen molar-refractivity contribution >= 4 is 0 Å². The number of nitrogens with one attached hydrogen (secondary N) is 1. The van der Waals surface area contributed by atoms with E-state index in [9.17, 15) is 0 Å². The highest BCUT2D eigenvalue weighted by Gasteiger charge is 2.51. The van der Waals surface area contributed by atoms with Crippen LogP contribution in [0.4, 0.5) is 0 Å². The smallest absolute Gasteiger partial charge is 0.000815 e. The maximum absolute atomic E-state index is 5.65. The highest BCUT2D eigenvalue weighted by atomic mass is 14.9. The lowest BCUT2D eigenvalue weighted by Gasteiger charge is -2.55. The normalized spacial score (nSPS) is 31.7. The van der Waals surface area contributed by atoms with E-state index in [1.807, 2.05) is 0 Å². The third kappa shape index (κ3) is 3.53. The Morgan fingerprint density at radius 2 is 2.04 bits per heavy atom. The van der Waals surface area contributed by atoms with Crippen LogP contribution in [0.5, 0.6) is 0 Å². The Kier molecular flexibility index (Phi) is 5.60. The summed E-state index contributed by atoms with van der Waals surface area (Å²) in [5.74, 6) is 1.41. The maximum atomic E-state index is 5.65. The zero-order chi connectivity index (χ0) is 18.1. The van der Waals surface area contributed by atoms with E-state index in [-0.39, 0.29) is 0 Å². The SMILES string of the molecule is CC(C)c1ccc2c(c1)CC[C@@H]1[C@](C)(CNCCCN)CCC[C@]21C. The van der Waals surface area contributed by atoms with Gasteiger partial charge in [0.25, 0.3) is 0 Å². The van der Waals surface area contributed by atoms with Gasteiger partial charge in [-0.25, -0.2) is 0 Å². The fraction of sp³-hybridized carbons (Fsp3) is 0.739. The third-order valence-corrected chi connectivity index (χ3v) is 7.25. The molecule has 3 N–H and O–H groups in total. The molecule has 2 nitrogen and oxygen atoms in total. The van der Waals surface area contributed by atoms with Gasteiger partial charge in [-0.3, -0.25) is 0 Å². The van der Waals surface area contributed by atoms with Gasteiger partial charge in [0.2, 0.25) is 0 Å². The van der Waals surface area contributed by atoms with E-state index in [0.29, 0.717) is 16.7 Å². The van der Waals surface area contributed by atoms with Crippen LogP contribution in [0.1, 0.15) is 82.4 Å². The molecule has 1 fully saturated rings. The quantitative estimate of drug-likeness (QED) is 0.732. The molecular formula is C23H38N2. The molecule has 0 amide bonds. The predicted octanol–water partition coefficient (Wildman–Crippen LogP) is 4.76. The van der Waals surface area contributed by atoms with Gasteiger partial charge in [0.1, 0.15) is 0 Å². The summed E-state index contributed by atoms with van der Waals surface area (Å²) in [5.41, 5.74) is 11.2. The summed E-state index contributed by atoms with van der Waals surface area (Å²) in [6.07, 6.45) is 7.76. The van der Waals surface area contributed by atoms with E-state index in [0.717, 1.165) is 32.0 Å². The van der Waals surface area contributed by atoms with E-state index < -0.39 is 0 Å². The number of nitrogens with two attached hydrogens (primary N) is 1. The van der Waals surface area contributed by atoms with Crippen LogP contribution in [-0.2, 0) is 11.8 Å². The largest absolute Gasteiger partial charge is 0.330 e. The number of fused-ring (bicyclic) bond motifs is 3. The van der Waals surface area contributed by atoms with E-state index in [4.69, 9.17) is 5.73 Å². The zero-order valence-electron chi connectivity index (χ0n) is 16.8. The fourth-order valence-electron chi connectivity index (χ4n) is 5.82. The summed E-state index contributed by atoms with van der Waals surface area (Å²) in [6, 6.07) is 7.37. The first-order valence-corrected chi connectivity index (χ1v) is 10.4. The van der Waals surface area contributed by atoms with E-state index >= 15 is 0 Å². The Morgan fingerprint density at radius 1 is 1.24 bits per heavy atom. The van der Waals surface area contributed by atoms with Gasteiger partial charge in [-0.15, -0.1) is 0 Å². The lowest BCUT2D eigenvalue weighted by molar-refractivity contribution is 0.0260. The van der Waals surface area contributed by atoms with Crippen molar-refractivity contribution in [3.8, 4) is 0 Å². The fourth-order valence-corrected chi connectivity index (χ4v) is 5.82. The van der Waals surface area contributed by atoms with E-state index in [1.54, 1.807) is 11.1 Å². The van der Waals surface area contributed by atoms with Crippen LogP contribution >= 0.6 is 0 Å². The lowest BCUT2D eigenvalue weighted by atomic mass is 9.49. The van der Waals surface area contributed by atoms with Crippen LogP contribution in [-0.4, -0.2) is 19.6 Å². The van der Waals surface area contributed by atoms with Gasteiger partial charge in [0.15, 0.2) is 0 Å². The van der Waals surface area contributed by atoms with Gasteiger partial charge in [-0.2, -0.15) is 0 Å². The standard InChI is InChI=1S/C23H38N2/c1-17(2)18-7-9-20-19(15-18)8-10-21-22(3,16-25-14-6-13-24)11-5-12-23(20,21)4/h7,9,15,17,21,25H,5-6,8,10-14,16,24H2,1-4H3/t21-,22+,23-/m1/s1. The average Bonchev–Trinajstić information content (AvgIpc) is 2.58. The third-order valence-electron chi connectivity index (χ3n) is 7.25. The van der Waals surface area contributed by atoms with Crippen LogP contribution in [0, 0.1) is 11.3 Å². The van der Waals surface area contributed by atoms with Crippen molar-refractivity contribution in [1.29, 1.82) is 0 Å². The van der Waals surface area contributed by atoms with Gasteiger partial charge < -0.3 is 11.1 Å². The summed E-state index contributed by atoms with van der Waals surface area (Å²) in [4.78, 5) is 0. The summed E-state index contributed by atoms with van der Waals surface area (Å²) >= 11 is 0. The van der Waals surface area contributed by atoms with Gasteiger partial charge in [0, 0.05) is 6.54 Å². The molecule has 1 aromatic carbocycles. The van der Waals surface area contributed by atoms with Crippen LogP contribution in [0.2, 0.25) is 0 Å². The number of hydrogen-bond donors (Lipinski definition) is 2. The van der Waals surface area contributed by atoms with E-state index in [2.05, 4.69) is 51.2 Å². The molecule has 0 heterocycles. The molecule has 140 valence electrons. The summed E-state index contributed by atoms with van der Waals surface area (Å²) < 4.78 is 0. The number of benzene rings is 1. The highest BCUT2D eigenvalue weighted by Crippen LogP contribution is 2.57. The summed E-state index contributed by atoms with van der Waals surface area (Å²) in [6.45, 7) is 12.7. The van der Waals surface area contributed by atoms with Gasteiger partial charge in [-0.05, 0) is 84.5 Å². The molecule has 0 aliphatic heterocycles. The minimum absolute atomic E-state index is 0.353. The number of aryl methyl sites for hydroxylation is 1. The molecule has 1 saturated carbocycles. The topological polar surface area (TPSA) is 38.0 Å². The second kappa shape index (κ2) is 7.40.